The van der Waals surface area contributed by atoms with Crippen LogP contribution in [0.5, 0.6) is 0 Å². The molecule has 17 heteroatoms. The Hall–Kier alpha value is -1.34. The molecule has 1 rings (SSSR count). The molecule has 0 heterocycles. The molecule has 0 radical (unpaired) electrons. The van der Waals surface area contributed by atoms with E-state index < -0.39 is 67.5 Å². The third-order valence-corrected chi connectivity index (χ3v) is 6.96. The summed E-state index contributed by atoms with van der Waals surface area (Å²) in [4.78, 5) is -0.485. The van der Waals surface area contributed by atoms with Crippen LogP contribution in [-0.4, -0.2) is 59.7 Å². The topological polar surface area (TPSA) is 210 Å². The van der Waals surface area contributed by atoms with Crippen LogP contribution in [0.2, 0.25) is 0 Å². The second-order valence-corrected chi connectivity index (χ2v) is 10.2. The number of sulfone groups is 1. The summed E-state index contributed by atoms with van der Waals surface area (Å²) < 4.78 is 118. The van der Waals surface area contributed by atoms with Crippen LogP contribution in [0.15, 0.2) is 29.2 Å². The maximum atomic E-state index is 11.9. The van der Waals surface area contributed by atoms with Gasteiger partial charge in [0, 0.05) is 0 Å². The summed E-state index contributed by atoms with van der Waals surface area (Å²) >= 11 is 0. The fourth-order valence-electron chi connectivity index (χ4n) is 1.53. The van der Waals surface area contributed by atoms with Crippen molar-refractivity contribution in [2.75, 3.05) is 16.1 Å². The molecule has 0 aromatic heterocycles. The zero-order valence-electron chi connectivity index (χ0n) is 11.8. The van der Waals surface area contributed by atoms with Crippen molar-refractivity contribution < 1.29 is 51.5 Å². The molecular weight excluding hydrogens is 430 g/mol. The first-order valence-electron chi connectivity index (χ1n) is 5.74. The fourth-order valence-corrected chi connectivity index (χ4v) is 4.74. The zero-order valence-corrected chi connectivity index (χ0v) is 15.1. The Kier molecular flexibility index (Phi) is 6.17. The van der Waals surface area contributed by atoms with Crippen molar-refractivity contribution in [1.29, 1.82) is 0 Å². The van der Waals surface area contributed by atoms with Gasteiger partial charge in [-0.25, -0.2) is 12.6 Å². The maximum Gasteiger partial charge on any atom is 0.397 e. The lowest BCUT2D eigenvalue weighted by atomic mass is 10.3. The molecule has 0 bridgehead atoms. The quantitative estimate of drug-likeness (QED) is 0.401. The molecule has 0 unspecified atom stereocenters. The maximum absolute atomic E-state index is 11.9. The Labute approximate surface area is 143 Å². The van der Waals surface area contributed by atoms with E-state index in [2.05, 4.69) is 4.18 Å². The van der Waals surface area contributed by atoms with Gasteiger partial charge in [0.1, 0.15) is 0 Å². The summed E-state index contributed by atoms with van der Waals surface area (Å²) in [6.45, 7) is -0.912. The summed E-state index contributed by atoms with van der Waals surface area (Å²) in [6, 6.07) is 2.78. The number of nitrogens with zero attached hydrogens (tertiary/aromatic N) is 1. The lowest BCUT2D eigenvalue weighted by Gasteiger charge is -2.16. The Morgan fingerprint density at radius 1 is 0.800 bits per heavy atom. The first-order valence-corrected chi connectivity index (χ1v) is 11.6. The van der Waals surface area contributed by atoms with E-state index in [-0.39, 0.29) is 0 Å². The van der Waals surface area contributed by atoms with Gasteiger partial charge >= 0.3 is 31.0 Å². The summed E-state index contributed by atoms with van der Waals surface area (Å²) in [6.07, 6.45) is 0. The normalized spacial score (nSPS) is 13.6. The molecule has 0 atom stereocenters. The molecule has 0 aliphatic heterocycles. The second kappa shape index (κ2) is 7.11. The first kappa shape index (κ1) is 21.7. The molecule has 0 saturated heterocycles. The highest BCUT2D eigenvalue weighted by atomic mass is 32.3. The van der Waals surface area contributed by atoms with Gasteiger partial charge in [0.2, 0.25) is 0 Å². The molecule has 1 aromatic carbocycles. The van der Waals surface area contributed by atoms with Gasteiger partial charge < -0.3 is 0 Å². The fraction of sp³-hybridized carbons (Fsp3) is 0.250. The predicted molar refractivity (Wildman–Crippen MR) is 81.6 cm³/mol. The smallest absolute Gasteiger partial charge is 0.268 e. The number of hydrogen-bond donors (Lipinski definition) is 3. The molecule has 13 nitrogen and oxygen atoms in total. The van der Waals surface area contributed by atoms with Crippen LogP contribution < -0.4 is 3.71 Å². The van der Waals surface area contributed by atoms with Crippen molar-refractivity contribution in [2.45, 2.75) is 4.90 Å². The van der Waals surface area contributed by atoms with Gasteiger partial charge in [0.25, 0.3) is 0 Å². The Balaban J connectivity index is 3.13. The minimum atomic E-state index is -5.42. The van der Waals surface area contributed by atoms with Crippen molar-refractivity contribution in [3.05, 3.63) is 24.3 Å². The van der Waals surface area contributed by atoms with E-state index in [9.17, 15) is 33.7 Å². The van der Waals surface area contributed by atoms with Crippen LogP contribution in [0.3, 0.4) is 0 Å². The molecule has 0 fully saturated rings. The molecule has 0 aliphatic rings. The first-order chi connectivity index (χ1) is 11.0. The standard InChI is InChI=1S/C8H11NO12S4/c10-22(11,6-5-21-25(18,19)20)8-3-1-7(2-4-8)9(23(12,13)14)24(15,16)17/h1-4H,5-6H2,(H,12,13,14)(H,15,16,17)(H,18,19,20). The van der Waals surface area contributed by atoms with Gasteiger partial charge in [-0.3, -0.25) is 13.7 Å². The second-order valence-electron chi connectivity index (χ2n) is 4.22. The number of rotatable bonds is 8. The van der Waals surface area contributed by atoms with E-state index in [1.807, 2.05) is 0 Å². The average molecular weight is 441 g/mol. The largest absolute Gasteiger partial charge is 0.397 e. The van der Waals surface area contributed by atoms with Crippen LogP contribution in [0, 0.1) is 0 Å². The number of benzene rings is 1. The number of anilines is 1. The van der Waals surface area contributed by atoms with E-state index in [1.54, 1.807) is 0 Å². The van der Waals surface area contributed by atoms with E-state index in [4.69, 9.17) is 13.7 Å². The van der Waals surface area contributed by atoms with Crippen molar-refractivity contribution in [2.24, 2.45) is 0 Å². The third kappa shape index (κ3) is 6.47. The van der Waals surface area contributed by atoms with Crippen LogP contribution in [0.1, 0.15) is 0 Å². The van der Waals surface area contributed by atoms with E-state index in [0.29, 0.717) is 12.1 Å². The molecule has 25 heavy (non-hydrogen) atoms. The molecule has 0 spiro atoms. The van der Waals surface area contributed by atoms with Gasteiger partial charge in [-0.2, -0.15) is 25.3 Å². The van der Waals surface area contributed by atoms with Crippen LogP contribution in [0.25, 0.3) is 0 Å². The molecular formula is C8H11NO12S4. The molecule has 1 aromatic rings. The van der Waals surface area contributed by atoms with E-state index >= 15 is 0 Å². The summed E-state index contributed by atoms with van der Waals surface area (Å²) in [7, 11) is -19.8. The van der Waals surface area contributed by atoms with Gasteiger partial charge in [-0.1, -0.05) is 0 Å². The van der Waals surface area contributed by atoms with Gasteiger partial charge in [0.15, 0.2) is 9.84 Å². The van der Waals surface area contributed by atoms with Crippen LogP contribution >= 0.6 is 0 Å². The average Bonchev–Trinajstić information content (AvgIpc) is 2.33. The number of hydrogen-bond acceptors (Lipinski definition) is 9. The van der Waals surface area contributed by atoms with E-state index in [1.165, 1.54) is 0 Å². The highest BCUT2D eigenvalue weighted by Gasteiger charge is 2.31. The van der Waals surface area contributed by atoms with Crippen LogP contribution in [0.4, 0.5) is 5.69 Å². The monoisotopic (exact) mass is 441 g/mol. The summed E-state index contributed by atoms with van der Waals surface area (Å²) in [5.74, 6) is -0.882. The molecule has 0 aliphatic carbocycles. The Morgan fingerprint density at radius 3 is 1.60 bits per heavy atom. The highest BCUT2D eigenvalue weighted by Crippen LogP contribution is 2.23. The SMILES string of the molecule is O=S(=O)(O)OCCS(=O)(=O)c1ccc(N(S(=O)(=O)O)S(=O)(=O)O)cc1. The Bertz CT molecular complexity index is 1000. The van der Waals surface area contributed by atoms with Crippen LogP contribution in [-0.2, 0) is 45.0 Å². The summed E-state index contributed by atoms with van der Waals surface area (Å²) in [5.41, 5.74) is -0.793. The lowest BCUT2D eigenvalue weighted by Crippen LogP contribution is -2.35. The predicted octanol–water partition coefficient (Wildman–Crippen LogP) is -1.31. The van der Waals surface area contributed by atoms with Crippen molar-refractivity contribution >= 4 is 46.5 Å². The summed E-state index contributed by atoms with van der Waals surface area (Å²) in [5, 5.41) is 0. The molecule has 144 valence electrons. The highest BCUT2D eigenvalue weighted by molar-refractivity contribution is 8.05. The molecule has 0 saturated carbocycles. The van der Waals surface area contributed by atoms with E-state index in [0.717, 1.165) is 12.1 Å². The van der Waals surface area contributed by atoms with Gasteiger partial charge in [-0.05, 0) is 24.3 Å². The molecule has 3 N–H and O–H groups in total. The van der Waals surface area contributed by atoms with Crippen molar-refractivity contribution in [1.82, 2.24) is 0 Å². The third-order valence-electron chi connectivity index (χ3n) is 2.41. The minimum Gasteiger partial charge on any atom is -0.268 e. The Morgan fingerprint density at radius 2 is 1.24 bits per heavy atom. The zero-order chi connectivity index (χ0) is 19.7. The minimum absolute atomic E-state index is 0.485. The van der Waals surface area contributed by atoms with Crippen molar-refractivity contribution in [3.63, 3.8) is 0 Å². The van der Waals surface area contributed by atoms with Gasteiger partial charge in [0.05, 0.1) is 22.9 Å². The van der Waals surface area contributed by atoms with Gasteiger partial charge in [-0.15, -0.1) is 3.71 Å². The lowest BCUT2D eigenvalue weighted by molar-refractivity contribution is 0.284. The molecule has 0 amide bonds. The van der Waals surface area contributed by atoms with Crippen molar-refractivity contribution in [3.8, 4) is 0 Å².